The number of phenolic OH excluding ortho intramolecular Hbond substituents is 1. The Morgan fingerprint density at radius 2 is 1.58 bits per heavy atom. The van der Waals surface area contributed by atoms with Gasteiger partial charge in [0, 0.05) is 22.8 Å². The second-order valence-corrected chi connectivity index (χ2v) is 8.99. The number of phenols is 1. The molecule has 4 rings (SSSR count). The number of rotatable bonds is 7. The van der Waals surface area contributed by atoms with Gasteiger partial charge in [0.05, 0.1) is 19.1 Å². The number of anilines is 2. The topological polar surface area (TPSA) is 133 Å². The summed E-state index contributed by atoms with van der Waals surface area (Å²) >= 11 is 0. The maximum absolute atomic E-state index is 12.1. The zero-order chi connectivity index (χ0) is 25.2. The summed E-state index contributed by atoms with van der Waals surface area (Å²) in [6.45, 7) is 1.82. The van der Waals surface area contributed by atoms with E-state index < -0.39 is 26.5 Å². The van der Waals surface area contributed by atoms with E-state index in [4.69, 9.17) is 9.47 Å². The van der Waals surface area contributed by atoms with E-state index >= 15 is 0 Å². The summed E-state index contributed by atoms with van der Waals surface area (Å²) in [6, 6.07) is 18.7. The van der Waals surface area contributed by atoms with Crippen LogP contribution < -0.4 is 44.3 Å². The Balaban J connectivity index is 0.00000361. The molecule has 0 fully saturated rings. The largest absolute Gasteiger partial charge is 1.00 e. The number of hydrogen-bond acceptors (Lipinski definition) is 9. The first-order chi connectivity index (χ1) is 16.7. The third-order valence-corrected chi connectivity index (χ3v) is 6.19. The first-order valence-corrected chi connectivity index (χ1v) is 11.8. The first kappa shape index (κ1) is 27.4. The average Bonchev–Trinajstić information content (AvgIpc) is 2.83. The van der Waals surface area contributed by atoms with Gasteiger partial charge in [0.25, 0.3) is 0 Å². The standard InChI is InChI=1S/C25H23N3O6S.Na/c1-15-11-22(34-3)20(14-21(15)33-2)27-28-24-23(35(30,31)32)13-16-12-18(9-10-19(16)25(24)29)26-17-7-5-4-6-8-17;/h4-14,26,29H,1-3H3,(H,30,31,32);/q;+1/p-1. The van der Waals surface area contributed by atoms with Crippen LogP contribution in [-0.2, 0) is 10.1 Å². The number of benzene rings is 4. The van der Waals surface area contributed by atoms with Crippen LogP contribution in [0.15, 0.2) is 81.9 Å². The molecule has 4 aromatic rings. The predicted molar refractivity (Wildman–Crippen MR) is 132 cm³/mol. The molecule has 0 heterocycles. The van der Waals surface area contributed by atoms with E-state index in [1.807, 2.05) is 37.3 Å². The third kappa shape index (κ3) is 5.80. The summed E-state index contributed by atoms with van der Waals surface area (Å²) in [5.41, 5.74) is 2.02. The quantitative estimate of drug-likeness (QED) is 0.220. The Morgan fingerprint density at radius 3 is 2.22 bits per heavy atom. The van der Waals surface area contributed by atoms with Crippen molar-refractivity contribution in [3.8, 4) is 17.2 Å². The van der Waals surface area contributed by atoms with E-state index in [1.54, 1.807) is 30.3 Å². The molecule has 0 spiro atoms. The van der Waals surface area contributed by atoms with Gasteiger partial charge in [-0.2, -0.15) is 0 Å². The van der Waals surface area contributed by atoms with Crippen molar-refractivity contribution in [2.75, 3.05) is 19.5 Å². The molecular weight excluding hydrogens is 493 g/mol. The molecule has 0 unspecified atom stereocenters. The number of para-hydroxylation sites is 1. The minimum atomic E-state index is -5.00. The zero-order valence-corrected chi connectivity index (χ0v) is 23.0. The van der Waals surface area contributed by atoms with Crippen molar-refractivity contribution >= 4 is 43.6 Å². The SMILES string of the molecule is COc1cc(N=Nc2c(S(=O)(=O)[O-])cc3cc(Nc4ccccc4)ccc3c2O)c(OC)cc1C.[Na+]. The fourth-order valence-electron chi connectivity index (χ4n) is 3.62. The number of ether oxygens (including phenoxy) is 2. The van der Waals surface area contributed by atoms with Gasteiger partial charge in [0.15, 0.2) is 5.75 Å². The van der Waals surface area contributed by atoms with Gasteiger partial charge in [-0.3, -0.25) is 0 Å². The van der Waals surface area contributed by atoms with E-state index in [-0.39, 0.29) is 35.2 Å². The monoisotopic (exact) mass is 515 g/mol. The van der Waals surface area contributed by atoms with Crippen molar-refractivity contribution in [2.45, 2.75) is 11.8 Å². The molecule has 0 bridgehead atoms. The van der Waals surface area contributed by atoms with Crippen LogP contribution in [0.2, 0.25) is 0 Å². The van der Waals surface area contributed by atoms with E-state index in [2.05, 4.69) is 15.5 Å². The molecule has 11 heteroatoms. The number of methoxy groups -OCH3 is 2. The van der Waals surface area contributed by atoms with Gasteiger partial charge in [-0.1, -0.05) is 18.2 Å². The number of nitrogens with zero attached hydrogens (tertiary/aromatic N) is 2. The van der Waals surface area contributed by atoms with Crippen molar-refractivity contribution in [3.63, 3.8) is 0 Å². The van der Waals surface area contributed by atoms with Gasteiger partial charge in [-0.05, 0) is 60.3 Å². The van der Waals surface area contributed by atoms with Gasteiger partial charge in [-0.25, -0.2) is 8.42 Å². The summed E-state index contributed by atoms with van der Waals surface area (Å²) in [6.07, 6.45) is 0. The molecule has 0 aliphatic rings. The molecule has 0 aromatic heterocycles. The summed E-state index contributed by atoms with van der Waals surface area (Å²) < 4.78 is 46.8. The average molecular weight is 516 g/mol. The first-order valence-electron chi connectivity index (χ1n) is 10.4. The number of nitrogens with one attached hydrogen (secondary N) is 1. The third-order valence-electron chi connectivity index (χ3n) is 5.34. The number of aromatic hydroxyl groups is 1. The fraction of sp³-hybridized carbons (Fsp3) is 0.120. The molecule has 9 nitrogen and oxygen atoms in total. The molecule has 36 heavy (non-hydrogen) atoms. The smallest absolute Gasteiger partial charge is 0.744 e. The number of aryl methyl sites for hydroxylation is 1. The summed E-state index contributed by atoms with van der Waals surface area (Å²) in [5.74, 6) is 0.387. The number of azo groups is 1. The van der Waals surface area contributed by atoms with Crippen LogP contribution in [0.25, 0.3) is 10.8 Å². The molecule has 2 N–H and O–H groups in total. The van der Waals surface area contributed by atoms with Crippen molar-refractivity contribution in [2.24, 2.45) is 10.2 Å². The van der Waals surface area contributed by atoms with Crippen LogP contribution in [0.3, 0.4) is 0 Å². The number of hydrogen-bond donors (Lipinski definition) is 2. The predicted octanol–water partition coefficient (Wildman–Crippen LogP) is 2.94. The Morgan fingerprint density at radius 1 is 0.889 bits per heavy atom. The number of fused-ring (bicyclic) bond motifs is 1. The fourth-order valence-corrected chi connectivity index (χ4v) is 4.27. The second kappa shape index (κ2) is 11.3. The van der Waals surface area contributed by atoms with Crippen molar-refractivity contribution in [3.05, 3.63) is 72.3 Å². The molecule has 0 atom stereocenters. The van der Waals surface area contributed by atoms with Crippen LogP contribution in [-0.4, -0.2) is 32.3 Å². The molecule has 0 amide bonds. The minimum Gasteiger partial charge on any atom is -0.744 e. The van der Waals surface area contributed by atoms with Gasteiger partial charge < -0.3 is 24.4 Å². The molecule has 180 valence electrons. The molecule has 0 radical (unpaired) electrons. The zero-order valence-electron chi connectivity index (χ0n) is 20.1. The van der Waals surface area contributed by atoms with Crippen LogP contribution >= 0.6 is 0 Å². The normalized spacial score (nSPS) is 11.3. The van der Waals surface area contributed by atoms with Gasteiger partial charge in [-0.15, -0.1) is 10.2 Å². The minimum absolute atomic E-state index is 0. The molecule has 0 saturated heterocycles. The van der Waals surface area contributed by atoms with E-state index in [0.717, 1.165) is 11.3 Å². The Hall–Kier alpha value is -3.15. The molecule has 0 aliphatic carbocycles. The van der Waals surface area contributed by atoms with E-state index in [1.165, 1.54) is 20.3 Å². The molecule has 4 aromatic carbocycles. The maximum Gasteiger partial charge on any atom is 1.00 e. The maximum atomic E-state index is 12.1. The van der Waals surface area contributed by atoms with Crippen LogP contribution in [0.4, 0.5) is 22.7 Å². The van der Waals surface area contributed by atoms with Gasteiger partial charge in [0.2, 0.25) is 0 Å². The van der Waals surface area contributed by atoms with E-state index in [9.17, 15) is 18.1 Å². The van der Waals surface area contributed by atoms with Crippen LogP contribution in [0.5, 0.6) is 17.2 Å². The Labute approximate surface area is 230 Å². The summed E-state index contributed by atoms with van der Waals surface area (Å²) in [7, 11) is -2.06. The summed E-state index contributed by atoms with van der Waals surface area (Å²) in [4.78, 5) is -0.693. The Bertz CT molecular complexity index is 1540. The Kier molecular flexibility index (Phi) is 8.59. The molecular formula is C25H22N3NaO6S. The molecule has 0 saturated carbocycles. The van der Waals surface area contributed by atoms with Gasteiger partial charge >= 0.3 is 29.6 Å². The molecule has 0 aliphatic heterocycles. The van der Waals surface area contributed by atoms with Crippen LogP contribution in [0, 0.1) is 6.92 Å². The van der Waals surface area contributed by atoms with Gasteiger partial charge in [0.1, 0.15) is 33.0 Å². The van der Waals surface area contributed by atoms with Crippen molar-refractivity contribution < 1.29 is 57.1 Å². The second-order valence-electron chi connectivity index (χ2n) is 7.65. The summed E-state index contributed by atoms with van der Waals surface area (Å²) in [5, 5.41) is 22.7. The van der Waals surface area contributed by atoms with Crippen molar-refractivity contribution in [1.82, 2.24) is 0 Å². The van der Waals surface area contributed by atoms with E-state index in [0.29, 0.717) is 28.0 Å². The van der Waals surface area contributed by atoms with Crippen LogP contribution in [0.1, 0.15) is 5.56 Å². The van der Waals surface area contributed by atoms with Crippen molar-refractivity contribution in [1.29, 1.82) is 0 Å².